The van der Waals surface area contributed by atoms with E-state index in [0.29, 0.717) is 0 Å². The third-order valence-electron chi connectivity index (χ3n) is 4.33. The van der Waals surface area contributed by atoms with Crippen molar-refractivity contribution in [3.05, 3.63) is 0 Å². The number of nitrogens with two attached hydrogens (primary N) is 2. The Bertz CT molecular complexity index is 162. The van der Waals surface area contributed by atoms with Crippen LogP contribution in [0.5, 0.6) is 0 Å². The minimum atomic E-state index is 0.219. The normalized spacial score (nSPS) is 14.4. The van der Waals surface area contributed by atoms with E-state index in [9.17, 15) is 0 Å². The molecule has 2 heteroatoms. The van der Waals surface area contributed by atoms with Crippen LogP contribution in [0, 0.1) is 0 Å². The van der Waals surface area contributed by atoms with Crippen molar-refractivity contribution in [2.24, 2.45) is 11.5 Å². The fraction of sp³-hybridized carbons (Fsp3) is 1.00. The Kier molecular flexibility index (Phi) is 15.3. The van der Waals surface area contributed by atoms with Crippen LogP contribution in [0.1, 0.15) is 104 Å². The van der Waals surface area contributed by atoms with Gasteiger partial charge in [0.25, 0.3) is 0 Å². The fourth-order valence-electron chi connectivity index (χ4n) is 2.75. The highest BCUT2D eigenvalue weighted by Gasteiger charge is 2.12. The van der Waals surface area contributed by atoms with Crippen LogP contribution in [0.3, 0.4) is 0 Å². The molecule has 0 aromatic carbocycles. The second-order valence-electron chi connectivity index (χ2n) is 6.44. The quantitative estimate of drug-likeness (QED) is 0.409. The molecule has 2 atom stereocenters. The van der Waals surface area contributed by atoms with Gasteiger partial charge in [-0.25, -0.2) is 0 Å². The van der Waals surface area contributed by atoms with Gasteiger partial charge in [0.15, 0.2) is 0 Å². The van der Waals surface area contributed by atoms with E-state index in [2.05, 4.69) is 13.8 Å². The molecule has 4 N–H and O–H groups in total. The van der Waals surface area contributed by atoms with Gasteiger partial charge in [0.2, 0.25) is 0 Å². The van der Waals surface area contributed by atoms with Gasteiger partial charge in [-0.15, -0.1) is 0 Å². The molecular weight excluding hydrogens is 244 g/mol. The van der Waals surface area contributed by atoms with E-state index < -0.39 is 0 Å². The minimum Gasteiger partial charge on any atom is -0.326 e. The van der Waals surface area contributed by atoms with Crippen molar-refractivity contribution in [3.63, 3.8) is 0 Å². The van der Waals surface area contributed by atoms with E-state index in [1.165, 1.54) is 77.0 Å². The summed E-state index contributed by atoms with van der Waals surface area (Å²) in [7, 11) is 0. The van der Waals surface area contributed by atoms with Crippen molar-refractivity contribution < 1.29 is 0 Å². The molecular formula is C18H40N2. The SMILES string of the molecule is CCCCCCCCC(N)C(N)CCCCCCCC. The molecule has 0 fully saturated rings. The third-order valence-corrected chi connectivity index (χ3v) is 4.33. The summed E-state index contributed by atoms with van der Waals surface area (Å²) in [6.07, 6.45) is 18.3. The molecule has 0 aromatic heterocycles. The molecule has 20 heavy (non-hydrogen) atoms. The molecule has 0 aliphatic carbocycles. The average molecular weight is 285 g/mol. The lowest BCUT2D eigenvalue weighted by atomic mass is 9.97. The minimum absolute atomic E-state index is 0.219. The van der Waals surface area contributed by atoms with Crippen molar-refractivity contribution in [2.45, 2.75) is 116 Å². The van der Waals surface area contributed by atoms with Gasteiger partial charge in [-0.3, -0.25) is 0 Å². The summed E-state index contributed by atoms with van der Waals surface area (Å²) in [5, 5.41) is 0. The first kappa shape index (κ1) is 19.9. The molecule has 0 radical (unpaired) electrons. The Labute approximate surface area is 128 Å². The molecule has 0 heterocycles. The summed E-state index contributed by atoms with van der Waals surface area (Å²) in [6.45, 7) is 4.52. The zero-order chi connectivity index (χ0) is 15.1. The summed E-state index contributed by atoms with van der Waals surface area (Å²) in [6, 6.07) is 0.439. The molecule has 0 spiro atoms. The van der Waals surface area contributed by atoms with Crippen LogP contribution >= 0.6 is 0 Å². The first-order valence-electron chi connectivity index (χ1n) is 9.23. The highest BCUT2D eigenvalue weighted by Crippen LogP contribution is 2.12. The topological polar surface area (TPSA) is 52.0 Å². The number of rotatable bonds is 15. The second kappa shape index (κ2) is 15.3. The van der Waals surface area contributed by atoms with Gasteiger partial charge in [-0.2, -0.15) is 0 Å². The molecule has 0 saturated carbocycles. The van der Waals surface area contributed by atoms with Crippen LogP contribution < -0.4 is 11.5 Å². The van der Waals surface area contributed by atoms with Crippen molar-refractivity contribution in [1.82, 2.24) is 0 Å². The van der Waals surface area contributed by atoms with Crippen molar-refractivity contribution >= 4 is 0 Å². The smallest absolute Gasteiger partial charge is 0.0192 e. The lowest BCUT2D eigenvalue weighted by Gasteiger charge is -2.19. The molecule has 2 unspecified atom stereocenters. The molecule has 0 amide bonds. The van der Waals surface area contributed by atoms with E-state index in [1.54, 1.807) is 0 Å². The molecule has 2 nitrogen and oxygen atoms in total. The van der Waals surface area contributed by atoms with E-state index in [4.69, 9.17) is 11.5 Å². The van der Waals surface area contributed by atoms with Crippen LogP contribution in [-0.4, -0.2) is 12.1 Å². The van der Waals surface area contributed by atoms with Gasteiger partial charge in [-0.1, -0.05) is 90.9 Å². The monoisotopic (exact) mass is 284 g/mol. The Morgan fingerprint density at radius 1 is 0.500 bits per heavy atom. The van der Waals surface area contributed by atoms with Gasteiger partial charge >= 0.3 is 0 Å². The van der Waals surface area contributed by atoms with Gasteiger partial charge in [0.05, 0.1) is 0 Å². The molecule has 122 valence electrons. The van der Waals surface area contributed by atoms with Crippen LogP contribution in [0.4, 0.5) is 0 Å². The molecule has 0 aromatic rings. The first-order chi connectivity index (χ1) is 9.72. The Balaban J connectivity index is 3.35. The Morgan fingerprint density at radius 2 is 0.800 bits per heavy atom. The van der Waals surface area contributed by atoms with E-state index in [0.717, 1.165) is 12.8 Å². The van der Waals surface area contributed by atoms with Gasteiger partial charge in [0.1, 0.15) is 0 Å². The maximum atomic E-state index is 6.20. The zero-order valence-electron chi connectivity index (χ0n) is 14.2. The standard InChI is InChI=1S/C18H40N2/c1-3-5-7-9-11-13-15-17(19)18(20)16-14-12-10-8-6-4-2/h17-18H,3-16,19-20H2,1-2H3. The Morgan fingerprint density at radius 3 is 1.15 bits per heavy atom. The summed E-state index contributed by atoms with van der Waals surface area (Å²) in [5.74, 6) is 0. The highest BCUT2D eigenvalue weighted by molar-refractivity contribution is 4.75. The van der Waals surface area contributed by atoms with E-state index >= 15 is 0 Å². The van der Waals surface area contributed by atoms with E-state index in [-0.39, 0.29) is 12.1 Å². The summed E-state index contributed by atoms with van der Waals surface area (Å²) < 4.78 is 0. The third kappa shape index (κ3) is 12.9. The van der Waals surface area contributed by atoms with Gasteiger partial charge < -0.3 is 11.5 Å². The maximum absolute atomic E-state index is 6.20. The van der Waals surface area contributed by atoms with Crippen molar-refractivity contribution in [2.75, 3.05) is 0 Å². The van der Waals surface area contributed by atoms with E-state index in [1.807, 2.05) is 0 Å². The van der Waals surface area contributed by atoms with Crippen molar-refractivity contribution in [1.29, 1.82) is 0 Å². The summed E-state index contributed by atoms with van der Waals surface area (Å²) in [5.41, 5.74) is 12.4. The van der Waals surface area contributed by atoms with Crippen LogP contribution in [0.2, 0.25) is 0 Å². The molecule has 0 rings (SSSR count). The molecule has 0 saturated heterocycles. The second-order valence-corrected chi connectivity index (χ2v) is 6.44. The summed E-state index contributed by atoms with van der Waals surface area (Å²) >= 11 is 0. The fourth-order valence-corrected chi connectivity index (χ4v) is 2.75. The molecule has 0 bridgehead atoms. The highest BCUT2D eigenvalue weighted by atomic mass is 14.8. The first-order valence-corrected chi connectivity index (χ1v) is 9.23. The average Bonchev–Trinajstić information content (AvgIpc) is 2.45. The molecule has 0 aliphatic rings. The molecule has 0 aliphatic heterocycles. The van der Waals surface area contributed by atoms with Crippen LogP contribution in [0.25, 0.3) is 0 Å². The maximum Gasteiger partial charge on any atom is 0.0192 e. The van der Waals surface area contributed by atoms with Gasteiger partial charge in [-0.05, 0) is 12.8 Å². The van der Waals surface area contributed by atoms with Crippen LogP contribution in [-0.2, 0) is 0 Å². The van der Waals surface area contributed by atoms with Gasteiger partial charge in [0, 0.05) is 12.1 Å². The lowest BCUT2D eigenvalue weighted by Crippen LogP contribution is -2.41. The Hall–Kier alpha value is -0.0800. The number of hydrogen-bond donors (Lipinski definition) is 2. The lowest BCUT2D eigenvalue weighted by molar-refractivity contribution is 0.429. The predicted octanol–water partition coefficient (Wildman–Crippen LogP) is 5.14. The zero-order valence-corrected chi connectivity index (χ0v) is 14.2. The summed E-state index contributed by atoms with van der Waals surface area (Å²) in [4.78, 5) is 0. The van der Waals surface area contributed by atoms with Crippen LogP contribution in [0.15, 0.2) is 0 Å². The largest absolute Gasteiger partial charge is 0.326 e. The predicted molar refractivity (Wildman–Crippen MR) is 91.9 cm³/mol. The number of hydrogen-bond acceptors (Lipinski definition) is 2. The van der Waals surface area contributed by atoms with Crippen molar-refractivity contribution in [3.8, 4) is 0 Å². The number of unbranched alkanes of at least 4 members (excludes halogenated alkanes) is 10.